The molecule has 0 saturated carbocycles. The average Bonchev–Trinajstić information content (AvgIpc) is 2.82. The molecule has 0 aromatic carbocycles. The molecule has 2 heterocycles. The first kappa shape index (κ1) is 10.1. The smallest absolute Gasteiger partial charge is 0.134 e. The Hall–Kier alpha value is -2.13. The van der Waals surface area contributed by atoms with Crippen molar-refractivity contribution in [1.82, 2.24) is 4.98 Å². The van der Waals surface area contributed by atoms with E-state index in [0.717, 1.165) is 28.0 Å². The molecule has 2 aliphatic rings. The molecule has 0 bridgehead atoms. The van der Waals surface area contributed by atoms with Gasteiger partial charge in [0.15, 0.2) is 0 Å². The van der Waals surface area contributed by atoms with Gasteiger partial charge < -0.3 is 10.2 Å². The minimum atomic E-state index is 0.528. The molecule has 2 N–H and O–H groups in total. The molecule has 0 saturated heterocycles. The number of hydrogen-bond acceptors (Lipinski definition) is 3. The zero-order valence-electron chi connectivity index (χ0n) is 9.26. The Kier molecular flexibility index (Phi) is 2.38. The van der Waals surface area contributed by atoms with E-state index in [9.17, 15) is 0 Å². The molecule has 84 valence electrons. The van der Waals surface area contributed by atoms with E-state index in [-0.39, 0.29) is 0 Å². The third-order valence-corrected chi connectivity index (χ3v) is 2.86. The summed E-state index contributed by atoms with van der Waals surface area (Å²) < 4.78 is 5.49. The van der Waals surface area contributed by atoms with Gasteiger partial charge in [0.25, 0.3) is 0 Å². The molecule has 17 heavy (non-hydrogen) atoms. The number of fused-ring (bicyclic) bond motifs is 1. The van der Waals surface area contributed by atoms with Crippen LogP contribution in [0.2, 0.25) is 0 Å². The highest BCUT2D eigenvalue weighted by Gasteiger charge is 2.13. The predicted octanol–water partition coefficient (Wildman–Crippen LogP) is 2.91. The molecule has 0 unspecified atom stereocenters. The van der Waals surface area contributed by atoms with Gasteiger partial charge in [0.1, 0.15) is 5.76 Å². The highest BCUT2D eigenvalue weighted by molar-refractivity contribution is 5.82. The molecule has 0 fully saturated rings. The van der Waals surface area contributed by atoms with Gasteiger partial charge in [-0.3, -0.25) is 4.98 Å². The highest BCUT2D eigenvalue weighted by Crippen LogP contribution is 2.35. The third kappa shape index (κ3) is 1.70. The van der Waals surface area contributed by atoms with Crippen molar-refractivity contribution in [3.05, 3.63) is 54.6 Å². The lowest BCUT2D eigenvalue weighted by molar-refractivity contribution is 0.567. The van der Waals surface area contributed by atoms with Gasteiger partial charge in [0.05, 0.1) is 6.26 Å². The number of hydrogen-bond donors (Lipinski definition) is 1. The van der Waals surface area contributed by atoms with Crippen LogP contribution in [-0.2, 0) is 6.54 Å². The second kappa shape index (κ2) is 4.03. The highest BCUT2D eigenvalue weighted by atomic mass is 16.3. The number of rotatable bonds is 2. The zero-order valence-corrected chi connectivity index (χ0v) is 9.26. The van der Waals surface area contributed by atoms with Gasteiger partial charge in [-0.15, -0.1) is 0 Å². The van der Waals surface area contributed by atoms with Crippen molar-refractivity contribution in [3.63, 3.8) is 0 Å². The standard InChI is InChI=1S/C14H12N2O/c15-9-10-7-13-12(3-6-17-14(13)8-10)11-1-4-16-5-2-11/h1-8H,9,15H2. The van der Waals surface area contributed by atoms with Gasteiger partial charge in [0.2, 0.25) is 0 Å². The third-order valence-electron chi connectivity index (χ3n) is 2.86. The molecule has 1 aliphatic carbocycles. The van der Waals surface area contributed by atoms with Crippen molar-refractivity contribution >= 4 is 0 Å². The Bertz CT molecular complexity index is 601. The van der Waals surface area contributed by atoms with Crippen LogP contribution in [0.4, 0.5) is 0 Å². The van der Waals surface area contributed by atoms with Crippen LogP contribution < -0.4 is 5.73 Å². The maximum Gasteiger partial charge on any atom is 0.134 e. The van der Waals surface area contributed by atoms with Crippen LogP contribution in [0.25, 0.3) is 22.5 Å². The minimum Gasteiger partial charge on any atom is -0.464 e. The first-order chi connectivity index (χ1) is 8.38. The van der Waals surface area contributed by atoms with Crippen molar-refractivity contribution in [2.24, 2.45) is 5.73 Å². The summed E-state index contributed by atoms with van der Waals surface area (Å²) in [6, 6.07) is 10.0. The summed E-state index contributed by atoms with van der Waals surface area (Å²) in [6.45, 7) is 0.528. The van der Waals surface area contributed by atoms with Crippen molar-refractivity contribution in [3.8, 4) is 22.5 Å². The van der Waals surface area contributed by atoms with Crippen LogP contribution in [0.3, 0.4) is 0 Å². The molecular weight excluding hydrogens is 212 g/mol. The fraction of sp³-hybridized carbons (Fsp3) is 0.0714. The largest absolute Gasteiger partial charge is 0.464 e. The van der Waals surface area contributed by atoms with E-state index in [1.807, 2.05) is 24.3 Å². The lowest BCUT2D eigenvalue weighted by Gasteiger charge is -2.06. The Morgan fingerprint density at radius 2 is 1.88 bits per heavy atom. The molecule has 1 aliphatic heterocycles. The van der Waals surface area contributed by atoms with E-state index in [0.29, 0.717) is 6.54 Å². The minimum absolute atomic E-state index is 0.528. The van der Waals surface area contributed by atoms with Crippen LogP contribution in [-0.4, -0.2) is 4.98 Å². The Morgan fingerprint density at radius 3 is 2.65 bits per heavy atom. The Morgan fingerprint density at radius 1 is 1.06 bits per heavy atom. The van der Waals surface area contributed by atoms with E-state index >= 15 is 0 Å². The molecule has 3 nitrogen and oxygen atoms in total. The maximum absolute atomic E-state index is 5.65. The van der Waals surface area contributed by atoms with Gasteiger partial charge in [-0.1, -0.05) is 0 Å². The second-order valence-corrected chi connectivity index (χ2v) is 3.92. The summed E-state index contributed by atoms with van der Waals surface area (Å²) in [5, 5.41) is 0. The number of nitrogens with zero attached hydrogens (tertiary/aromatic N) is 1. The molecule has 0 amide bonds. The lowest BCUT2D eigenvalue weighted by Crippen LogP contribution is -1.92. The van der Waals surface area contributed by atoms with E-state index in [2.05, 4.69) is 11.1 Å². The Balaban J connectivity index is 2.21. The quantitative estimate of drug-likeness (QED) is 0.728. The normalized spacial score (nSPS) is 10.9. The summed E-state index contributed by atoms with van der Waals surface area (Å²) in [6.07, 6.45) is 5.29. The van der Waals surface area contributed by atoms with Gasteiger partial charge in [-0.25, -0.2) is 0 Å². The van der Waals surface area contributed by atoms with Gasteiger partial charge in [0, 0.05) is 24.5 Å². The van der Waals surface area contributed by atoms with Gasteiger partial charge >= 0.3 is 0 Å². The first-order valence-electron chi connectivity index (χ1n) is 5.49. The van der Waals surface area contributed by atoms with E-state index in [4.69, 9.17) is 10.2 Å². The fourth-order valence-electron chi connectivity index (χ4n) is 2.02. The zero-order chi connectivity index (χ0) is 11.7. The van der Waals surface area contributed by atoms with Crippen LogP contribution in [0.5, 0.6) is 0 Å². The first-order valence-corrected chi connectivity index (χ1v) is 5.49. The summed E-state index contributed by atoms with van der Waals surface area (Å²) in [7, 11) is 0. The molecule has 0 radical (unpaired) electrons. The molecule has 1 aromatic rings. The molecule has 0 atom stereocenters. The molecule has 0 spiro atoms. The molecular formula is C14H12N2O. The van der Waals surface area contributed by atoms with Crippen LogP contribution >= 0.6 is 0 Å². The summed E-state index contributed by atoms with van der Waals surface area (Å²) in [5.74, 6) is 0.875. The molecule has 3 rings (SSSR count). The number of aromatic nitrogens is 1. The van der Waals surface area contributed by atoms with E-state index in [1.165, 1.54) is 0 Å². The fourth-order valence-corrected chi connectivity index (χ4v) is 2.02. The van der Waals surface area contributed by atoms with Crippen LogP contribution in [0.15, 0.2) is 53.4 Å². The summed E-state index contributed by atoms with van der Waals surface area (Å²) in [4.78, 5) is 4.03. The topological polar surface area (TPSA) is 52.0 Å². The van der Waals surface area contributed by atoms with Gasteiger partial charge in [-0.2, -0.15) is 0 Å². The van der Waals surface area contributed by atoms with E-state index < -0.39 is 0 Å². The predicted molar refractivity (Wildman–Crippen MR) is 66.5 cm³/mol. The second-order valence-electron chi connectivity index (χ2n) is 3.92. The van der Waals surface area contributed by atoms with Crippen molar-refractivity contribution in [2.75, 3.05) is 0 Å². The SMILES string of the molecule is NCc1cc2occc(-c3ccncc3)c-2c1. The van der Waals surface area contributed by atoms with Crippen LogP contribution in [0.1, 0.15) is 5.56 Å². The van der Waals surface area contributed by atoms with Gasteiger partial charge in [-0.05, 0) is 47.0 Å². The average molecular weight is 224 g/mol. The monoisotopic (exact) mass is 224 g/mol. The lowest BCUT2D eigenvalue weighted by atomic mass is 10.0. The maximum atomic E-state index is 5.65. The number of pyridine rings is 1. The molecule has 3 heteroatoms. The van der Waals surface area contributed by atoms with Crippen molar-refractivity contribution in [2.45, 2.75) is 6.54 Å². The van der Waals surface area contributed by atoms with Crippen molar-refractivity contribution < 1.29 is 4.42 Å². The number of nitrogens with two attached hydrogens (primary N) is 1. The van der Waals surface area contributed by atoms with Crippen LogP contribution in [0, 0.1) is 0 Å². The summed E-state index contributed by atoms with van der Waals surface area (Å²) >= 11 is 0. The molecule has 1 aromatic heterocycles. The Labute approximate surface area is 99.2 Å². The summed E-state index contributed by atoms with van der Waals surface area (Å²) in [5.41, 5.74) is 10.1. The van der Waals surface area contributed by atoms with E-state index in [1.54, 1.807) is 18.7 Å². The van der Waals surface area contributed by atoms with Crippen molar-refractivity contribution in [1.29, 1.82) is 0 Å².